The van der Waals surface area contributed by atoms with Crippen LogP contribution >= 0.6 is 0 Å². The highest BCUT2D eigenvalue weighted by Crippen LogP contribution is 2.36. The Kier molecular flexibility index (Phi) is 7.31. The van der Waals surface area contributed by atoms with Crippen LogP contribution in [0.5, 0.6) is 0 Å². The first-order valence-electron chi connectivity index (χ1n) is 14.4. The SMILES string of the molecule is Cc1c(-c2nc(N)nc(Nc3ccc(C(=O)N4CCOCC4)cc3)n2)cccc1N1Cc2cc(C(C)(C)C)ccc2C1=O. The standard InChI is InChI=1S/C33H35N7O3/c1-20-25(6-5-7-27(20)40-19-22-18-23(33(2,3)4)10-13-26(22)30(40)42)28-36-31(34)38-32(37-28)35-24-11-8-21(9-12-24)29(41)39-14-16-43-17-15-39/h5-13,18H,14-17,19H2,1-4H3,(H3,34,35,36,37,38). The first-order chi connectivity index (χ1) is 20.6. The minimum atomic E-state index is -0.0243. The quantitative estimate of drug-likeness (QED) is 0.335. The molecule has 6 rings (SSSR count). The molecule has 0 aliphatic carbocycles. The number of ether oxygens (including phenoxy) is 1. The van der Waals surface area contributed by atoms with Crippen molar-refractivity contribution in [3.63, 3.8) is 0 Å². The van der Waals surface area contributed by atoms with Crippen LogP contribution in [0.3, 0.4) is 0 Å². The lowest BCUT2D eigenvalue weighted by molar-refractivity contribution is 0.0303. The highest BCUT2D eigenvalue weighted by atomic mass is 16.5. The molecule has 10 nitrogen and oxygen atoms in total. The van der Waals surface area contributed by atoms with Crippen molar-refractivity contribution in [3.05, 3.63) is 88.5 Å². The molecule has 43 heavy (non-hydrogen) atoms. The molecular weight excluding hydrogens is 542 g/mol. The van der Waals surface area contributed by atoms with E-state index in [-0.39, 0.29) is 29.1 Å². The van der Waals surface area contributed by atoms with Crippen LogP contribution in [0.1, 0.15) is 58.2 Å². The zero-order chi connectivity index (χ0) is 30.3. The normalized spacial score (nSPS) is 15.0. The van der Waals surface area contributed by atoms with E-state index in [1.807, 2.05) is 37.3 Å². The van der Waals surface area contributed by atoms with E-state index in [9.17, 15) is 9.59 Å². The first-order valence-corrected chi connectivity index (χ1v) is 14.4. The minimum absolute atomic E-state index is 0.00589. The Morgan fingerprint density at radius 2 is 1.70 bits per heavy atom. The van der Waals surface area contributed by atoms with E-state index in [1.54, 1.807) is 34.1 Å². The lowest BCUT2D eigenvalue weighted by atomic mass is 9.85. The van der Waals surface area contributed by atoms with Gasteiger partial charge in [-0.1, -0.05) is 45.0 Å². The van der Waals surface area contributed by atoms with Gasteiger partial charge in [-0.2, -0.15) is 15.0 Å². The van der Waals surface area contributed by atoms with Crippen LogP contribution in [0.25, 0.3) is 11.4 Å². The van der Waals surface area contributed by atoms with Crippen LogP contribution in [0.2, 0.25) is 0 Å². The number of morpholine rings is 1. The van der Waals surface area contributed by atoms with Gasteiger partial charge < -0.3 is 25.6 Å². The van der Waals surface area contributed by atoms with Gasteiger partial charge in [0.05, 0.1) is 19.8 Å². The van der Waals surface area contributed by atoms with Crippen molar-refractivity contribution in [1.82, 2.24) is 19.9 Å². The number of benzene rings is 3. The number of nitrogens with one attached hydrogen (secondary N) is 1. The van der Waals surface area contributed by atoms with E-state index in [1.165, 1.54) is 5.56 Å². The van der Waals surface area contributed by atoms with E-state index >= 15 is 0 Å². The van der Waals surface area contributed by atoms with Gasteiger partial charge in [0.2, 0.25) is 11.9 Å². The predicted octanol–water partition coefficient (Wildman–Crippen LogP) is 5.10. The minimum Gasteiger partial charge on any atom is -0.378 e. The zero-order valence-electron chi connectivity index (χ0n) is 24.8. The summed E-state index contributed by atoms with van der Waals surface area (Å²) < 4.78 is 5.34. The molecule has 2 aliphatic rings. The van der Waals surface area contributed by atoms with Crippen LogP contribution in [-0.4, -0.2) is 58.0 Å². The number of anilines is 4. The Labute approximate surface area is 250 Å². The molecule has 0 radical (unpaired) electrons. The number of hydrogen-bond donors (Lipinski definition) is 2. The van der Waals surface area contributed by atoms with Crippen molar-refractivity contribution in [2.75, 3.05) is 42.3 Å². The van der Waals surface area contributed by atoms with Crippen LogP contribution in [-0.2, 0) is 16.7 Å². The maximum atomic E-state index is 13.5. The number of nitrogen functional groups attached to an aromatic ring is 1. The summed E-state index contributed by atoms with van der Waals surface area (Å²) in [6.45, 7) is 11.2. The number of aromatic nitrogens is 3. The fraction of sp³-hybridized carbons (Fsp3) is 0.303. The van der Waals surface area contributed by atoms with E-state index in [4.69, 9.17) is 10.5 Å². The van der Waals surface area contributed by atoms with E-state index < -0.39 is 0 Å². The molecule has 220 valence electrons. The molecule has 0 spiro atoms. The van der Waals surface area contributed by atoms with Gasteiger partial charge in [-0.3, -0.25) is 9.59 Å². The lowest BCUT2D eigenvalue weighted by Crippen LogP contribution is -2.40. The van der Waals surface area contributed by atoms with E-state index in [0.29, 0.717) is 49.9 Å². The maximum absolute atomic E-state index is 13.5. The second-order valence-electron chi connectivity index (χ2n) is 11.9. The number of carbonyl (C=O) groups excluding carboxylic acids is 2. The molecule has 3 heterocycles. The van der Waals surface area contributed by atoms with Crippen LogP contribution in [0, 0.1) is 6.92 Å². The molecule has 0 atom stereocenters. The fourth-order valence-electron chi connectivity index (χ4n) is 5.48. The summed E-state index contributed by atoms with van der Waals surface area (Å²) in [6, 6.07) is 19.0. The molecule has 0 saturated carbocycles. The third kappa shape index (κ3) is 5.65. The number of nitrogens with two attached hydrogens (primary N) is 1. The van der Waals surface area contributed by atoms with E-state index in [0.717, 1.165) is 27.9 Å². The Bertz CT molecular complexity index is 1710. The molecule has 1 aromatic heterocycles. The molecule has 3 N–H and O–H groups in total. The van der Waals surface area contributed by atoms with Gasteiger partial charge in [-0.05, 0) is 65.4 Å². The number of hydrogen-bond acceptors (Lipinski definition) is 8. The molecule has 0 bridgehead atoms. The average molecular weight is 578 g/mol. The maximum Gasteiger partial charge on any atom is 0.258 e. The van der Waals surface area contributed by atoms with Crippen molar-refractivity contribution < 1.29 is 14.3 Å². The largest absolute Gasteiger partial charge is 0.378 e. The number of nitrogens with zero attached hydrogens (tertiary/aromatic N) is 5. The van der Waals surface area contributed by atoms with Crippen LogP contribution in [0.4, 0.5) is 23.3 Å². The fourth-order valence-corrected chi connectivity index (χ4v) is 5.48. The summed E-state index contributed by atoms with van der Waals surface area (Å²) in [5.41, 5.74) is 12.8. The predicted molar refractivity (Wildman–Crippen MR) is 167 cm³/mol. The van der Waals surface area contributed by atoms with Crippen LogP contribution in [0.15, 0.2) is 60.7 Å². The molecule has 2 aliphatic heterocycles. The number of fused-ring (bicyclic) bond motifs is 1. The third-order valence-electron chi connectivity index (χ3n) is 7.95. The summed E-state index contributed by atoms with van der Waals surface area (Å²) in [4.78, 5) is 43.2. The molecule has 4 aromatic rings. The van der Waals surface area contributed by atoms with Gasteiger partial charge in [0, 0.05) is 41.2 Å². The summed E-state index contributed by atoms with van der Waals surface area (Å²) in [6.07, 6.45) is 0. The van der Waals surface area contributed by atoms with Gasteiger partial charge in [0.25, 0.3) is 11.8 Å². The van der Waals surface area contributed by atoms with Gasteiger partial charge in [-0.25, -0.2) is 0 Å². The number of rotatable bonds is 5. The summed E-state index contributed by atoms with van der Waals surface area (Å²) in [7, 11) is 0. The Morgan fingerprint density at radius 3 is 2.42 bits per heavy atom. The number of carbonyl (C=O) groups is 2. The van der Waals surface area contributed by atoms with Gasteiger partial charge in [0.1, 0.15) is 0 Å². The Hall–Kier alpha value is -4.83. The average Bonchev–Trinajstić information content (AvgIpc) is 3.32. The van der Waals surface area contributed by atoms with Crippen molar-refractivity contribution >= 4 is 35.1 Å². The first kappa shape index (κ1) is 28.3. The smallest absolute Gasteiger partial charge is 0.258 e. The molecular formula is C33H35N7O3. The van der Waals surface area contributed by atoms with E-state index in [2.05, 4.69) is 47.1 Å². The van der Waals surface area contributed by atoms with Gasteiger partial charge >= 0.3 is 0 Å². The highest BCUT2D eigenvalue weighted by Gasteiger charge is 2.31. The lowest BCUT2D eigenvalue weighted by Gasteiger charge is -2.26. The van der Waals surface area contributed by atoms with Gasteiger partial charge in [0.15, 0.2) is 5.82 Å². The Morgan fingerprint density at radius 1 is 0.953 bits per heavy atom. The van der Waals surface area contributed by atoms with Crippen molar-refractivity contribution in [2.45, 2.75) is 39.7 Å². The highest BCUT2D eigenvalue weighted by molar-refractivity contribution is 6.10. The summed E-state index contributed by atoms with van der Waals surface area (Å²) in [5.74, 6) is 0.692. The topological polar surface area (TPSA) is 127 Å². The third-order valence-corrected chi connectivity index (χ3v) is 7.95. The molecule has 3 aromatic carbocycles. The zero-order valence-corrected chi connectivity index (χ0v) is 24.8. The van der Waals surface area contributed by atoms with Crippen molar-refractivity contribution in [1.29, 1.82) is 0 Å². The molecule has 1 fully saturated rings. The van der Waals surface area contributed by atoms with Crippen molar-refractivity contribution in [3.8, 4) is 11.4 Å². The molecule has 1 saturated heterocycles. The monoisotopic (exact) mass is 577 g/mol. The number of amides is 2. The second kappa shape index (κ2) is 11.1. The van der Waals surface area contributed by atoms with Gasteiger partial charge in [-0.15, -0.1) is 0 Å². The molecule has 0 unspecified atom stereocenters. The summed E-state index contributed by atoms with van der Waals surface area (Å²) >= 11 is 0. The Balaban J connectivity index is 1.24. The second-order valence-corrected chi connectivity index (χ2v) is 11.9. The summed E-state index contributed by atoms with van der Waals surface area (Å²) in [5, 5.41) is 3.17. The van der Waals surface area contributed by atoms with Crippen LogP contribution < -0.4 is 16.0 Å². The van der Waals surface area contributed by atoms with Crippen molar-refractivity contribution in [2.24, 2.45) is 0 Å². The molecule has 10 heteroatoms. The molecule has 2 amide bonds.